The molecule has 0 saturated carbocycles. The molecule has 4 rings (SSSR count). The zero-order valence-corrected chi connectivity index (χ0v) is 24.5. The minimum atomic E-state index is -0.517. The van der Waals surface area contributed by atoms with E-state index < -0.39 is 11.8 Å². The Kier molecular flexibility index (Phi) is 10.0. The van der Waals surface area contributed by atoms with Crippen LogP contribution in [0.2, 0.25) is 5.02 Å². The smallest absolute Gasteiger partial charge is 0.272 e. The molecule has 0 saturated heterocycles. The van der Waals surface area contributed by atoms with Crippen LogP contribution in [0.1, 0.15) is 34.0 Å². The molecule has 4 aromatic carbocycles. The molecule has 0 heterocycles. The van der Waals surface area contributed by atoms with Crippen molar-refractivity contribution < 1.29 is 14.4 Å². The van der Waals surface area contributed by atoms with E-state index in [1.54, 1.807) is 66.7 Å². The number of anilines is 2. The summed E-state index contributed by atoms with van der Waals surface area (Å²) in [6, 6.07) is 28.8. The summed E-state index contributed by atoms with van der Waals surface area (Å²) in [6.45, 7) is 5.80. The molecule has 8 heteroatoms. The second-order valence-corrected chi connectivity index (χ2v) is 11.3. The number of hydrogen-bond acceptors (Lipinski definition) is 4. The van der Waals surface area contributed by atoms with Crippen molar-refractivity contribution in [1.29, 1.82) is 0 Å². The molecule has 0 bridgehead atoms. The molecule has 0 fully saturated rings. The Bertz CT molecular complexity index is 1600. The van der Waals surface area contributed by atoms with E-state index in [0.717, 1.165) is 21.7 Å². The molecule has 1 atom stereocenters. The number of aryl methyl sites for hydroxylation is 2. The molecular weight excluding hydrogens is 554 g/mol. The summed E-state index contributed by atoms with van der Waals surface area (Å²) in [5.74, 6) is -1.06. The van der Waals surface area contributed by atoms with Gasteiger partial charge in [-0.2, -0.15) is 0 Å². The normalized spacial score (nSPS) is 11.9. The average Bonchev–Trinajstić information content (AvgIpc) is 2.95. The molecule has 208 valence electrons. The van der Waals surface area contributed by atoms with Crippen LogP contribution < -0.4 is 16.0 Å². The number of nitrogens with one attached hydrogen (secondary N) is 3. The summed E-state index contributed by atoms with van der Waals surface area (Å²) in [4.78, 5) is 39.9. The van der Waals surface area contributed by atoms with Crippen LogP contribution in [0.25, 0.3) is 6.08 Å². The summed E-state index contributed by atoms with van der Waals surface area (Å²) in [5, 5.41) is 8.62. The van der Waals surface area contributed by atoms with Gasteiger partial charge in [-0.15, -0.1) is 11.8 Å². The van der Waals surface area contributed by atoms with E-state index >= 15 is 0 Å². The van der Waals surface area contributed by atoms with Crippen LogP contribution in [0.4, 0.5) is 11.4 Å². The van der Waals surface area contributed by atoms with E-state index in [2.05, 4.69) is 16.0 Å². The Labute approximate surface area is 249 Å². The first-order chi connectivity index (χ1) is 19.7. The van der Waals surface area contributed by atoms with Gasteiger partial charge in [0.1, 0.15) is 5.70 Å². The minimum Gasteiger partial charge on any atom is -0.325 e. The fourth-order valence-corrected chi connectivity index (χ4v) is 5.10. The van der Waals surface area contributed by atoms with E-state index in [-0.39, 0.29) is 16.9 Å². The maximum Gasteiger partial charge on any atom is 0.272 e. The van der Waals surface area contributed by atoms with Crippen molar-refractivity contribution in [3.8, 4) is 0 Å². The summed E-state index contributed by atoms with van der Waals surface area (Å²) >= 11 is 7.70. The number of amides is 3. The number of rotatable bonds is 9. The van der Waals surface area contributed by atoms with Crippen molar-refractivity contribution in [2.45, 2.75) is 30.9 Å². The summed E-state index contributed by atoms with van der Waals surface area (Å²) in [7, 11) is 0. The fourth-order valence-electron chi connectivity index (χ4n) is 3.98. The molecule has 0 aliphatic carbocycles. The molecule has 0 aromatic heterocycles. The monoisotopic (exact) mass is 583 g/mol. The molecule has 0 aliphatic rings. The number of halogens is 1. The summed E-state index contributed by atoms with van der Waals surface area (Å²) in [6.07, 6.45) is 1.54. The number of hydrogen-bond donors (Lipinski definition) is 3. The van der Waals surface area contributed by atoms with Crippen molar-refractivity contribution in [2.75, 3.05) is 10.6 Å². The number of benzene rings is 4. The molecule has 6 nitrogen and oxygen atoms in total. The first-order valence-electron chi connectivity index (χ1n) is 13.0. The average molecular weight is 584 g/mol. The van der Waals surface area contributed by atoms with Crippen LogP contribution in [0, 0.1) is 13.8 Å². The predicted molar refractivity (Wildman–Crippen MR) is 168 cm³/mol. The maximum atomic E-state index is 13.4. The second kappa shape index (κ2) is 13.8. The molecular formula is C33H30ClN3O3S. The van der Waals surface area contributed by atoms with Crippen LogP contribution in [0.15, 0.2) is 108 Å². The van der Waals surface area contributed by atoms with Gasteiger partial charge in [0.15, 0.2) is 0 Å². The van der Waals surface area contributed by atoms with Gasteiger partial charge in [-0.05, 0) is 80.4 Å². The number of carbonyl (C=O) groups is 3. The van der Waals surface area contributed by atoms with Gasteiger partial charge in [0.05, 0.1) is 5.25 Å². The lowest BCUT2D eigenvalue weighted by molar-refractivity contribution is -0.115. The molecule has 0 spiro atoms. The van der Waals surface area contributed by atoms with Crippen molar-refractivity contribution in [3.05, 3.63) is 130 Å². The molecule has 3 amide bonds. The van der Waals surface area contributed by atoms with Gasteiger partial charge < -0.3 is 16.0 Å². The SMILES string of the molecule is Cc1ccc(NC(=O)C(C)Sc2cccc(NC(=O)/C(=C\c3ccccc3Cl)NC(=O)c3ccccc3)c2)c(C)c1. The van der Waals surface area contributed by atoms with E-state index in [1.165, 1.54) is 17.8 Å². The third-order valence-corrected chi connectivity index (χ3v) is 7.59. The fraction of sp³-hybridized carbons (Fsp3) is 0.121. The van der Waals surface area contributed by atoms with Crippen LogP contribution in [0.5, 0.6) is 0 Å². The predicted octanol–water partition coefficient (Wildman–Crippen LogP) is 7.49. The van der Waals surface area contributed by atoms with Crippen LogP contribution in [0.3, 0.4) is 0 Å². The van der Waals surface area contributed by atoms with Crippen LogP contribution >= 0.6 is 23.4 Å². The van der Waals surface area contributed by atoms with Crippen LogP contribution in [-0.2, 0) is 9.59 Å². The van der Waals surface area contributed by atoms with Gasteiger partial charge in [0.2, 0.25) is 5.91 Å². The molecule has 4 aromatic rings. The lowest BCUT2D eigenvalue weighted by Gasteiger charge is -2.15. The lowest BCUT2D eigenvalue weighted by atomic mass is 10.1. The number of thioether (sulfide) groups is 1. The van der Waals surface area contributed by atoms with Gasteiger partial charge in [-0.3, -0.25) is 14.4 Å². The Morgan fingerprint density at radius 2 is 1.56 bits per heavy atom. The Morgan fingerprint density at radius 3 is 2.29 bits per heavy atom. The summed E-state index contributed by atoms with van der Waals surface area (Å²) < 4.78 is 0. The number of carbonyl (C=O) groups excluding carboxylic acids is 3. The molecule has 0 aliphatic heterocycles. The largest absolute Gasteiger partial charge is 0.325 e. The van der Waals surface area contributed by atoms with Crippen LogP contribution in [-0.4, -0.2) is 23.0 Å². The van der Waals surface area contributed by atoms with Gasteiger partial charge in [-0.25, -0.2) is 0 Å². The van der Waals surface area contributed by atoms with Gasteiger partial charge in [-0.1, -0.05) is 71.8 Å². The maximum absolute atomic E-state index is 13.4. The zero-order valence-electron chi connectivity index (χ0n) is 22.9. The van der Waals surface area contributed by atoms with Crippen molar-refractivity contribution in [1.82, 2.24) is 5.32 Å². The van der Waals surface area contributed by atoms with E-state index in [4.69, 9.17) is 11.6 Å². The standard InChI is InChI=1S/C33H30ClN3O3S/c1-21-16-17-29(22(2)18-21)36-31(38)23(3)41-27-14-9-13-26(20-27)35-33(40)30(19-25-12-7-8-15-28(25)34)37-32(39)24-10-5-4-6-11-24/h4-20,23H,1-3H3,(H,35,40)(H,36,38)(H,37,39)/b30-19+. The highest BCUT2D eigenvalue weighted by atomic mass is 35.5. The zero-order chi connectivity index (χ0) is 29.4. The molecule has 41 heavy (non-hydrogen) atoms. The highest BCUT2D eigenvalue weighted by molar-refractivity contribution is 8.00. The van der Waals surface area contributed by atoms with Gasteiger partial charge in [0.25, 0.3) is 11.8 Å². The lowest BCUT2D eigenvalue weighted by Crippen LogP contribution is -2.30. The Balaban J connectivity index is 1.48. The third-order valence-electron chi connectivity index (χ3n) is 6.15. The van der Waals surface area contributed by atoms with Crippen molar-refractivity contribution in [3.63, 3.8) is 0 Å². The molecule has 1 unspecified atom stereocenters. The topological polar surface area (TPSA) is 87.3 Å². The van der Waals surface area contributed by atoms with Gasteiger partial charge >= 0.3 is 0 Å². The molecule has 3 N–H and O–H groups in total. The van der Waals surface area contributed by atoms with Gasteiger partial charge in [0, 0.05) is 26.9 Å². The van der Waals surface area contributed by atoms with Crippen molar-refractivity contribution >= 4 is 58.5 Å². The highest BCUT2D eigenvalue weighted by Crippen LogP contribution is 2.28. The third kappa shape index (κ3) is 8.33. The summed E-state index contributed by atoms with van der Waals surface area (Å²) in [5.41, 5.74) is 4.46. The first kappa shape index (κ1) is 29.6. The second-order valence-electron chi connectivity index (χ2n) is 9.45. The van der Waals surface area contributed by atoms with E-state index in [9.17, 15) is 14.4 Å². The highest BCUT2D eigenvalue weighted by Gasteiger charge is 2.18. The van der Waals surface area contributed by atoms with E-state index in [1.807, 2.05) is 51.1 Å². The van der Waals surface area contributed by atoms with Crippen molar-refractivity contribution in [2.24, 2.45) is 0 Å². The minimum absolute atomic E-state index is 0.0335. The van der Waals surface area contributed by atoms with E-state index in [0.29, 0.717) is 21.8 Å². The first-order valence-corrected chi connectivity index (χ1v) is 14.2. The quantitative estimate of drug-likeness (QED) is 0.141. The Morgan fingerprint density at radius 1 is 0.829 bits per heavy atom. The Hall–Kier alpha value is -4.33. The molecule has 0 radical (unpaired) electrons.